The molecule has 0 aliphatic carbocycles. The number of hydrogen-bond acceptors (Lipinski definition) is 4. The van der Waals surface area contributed by atoms with Gasteiger partial charge in [-0.3, -0.25) is 9.59 Å². The highest BCUT2D eigenvalue weighted by Gasteiger charge is 2.16. The van der Waals surface area contributed by atoms with E-state index in [1.54, 1.807) is 45.4 Å². The summed E-state index contributed by atoms with van der Waals surface area (Å²) >= 11 is 0. The molecule has 26 heavy (non-hydrogen) atoms. The third-order valence-corrected chi connectivity index (χ3v) is 3.94. The smallest absolute Gasteiger partial charge is 0.251 e. The number of ether oxygens (including phenoxy) is 2. The molecule has 6 nitrogen and oxygen atoms in total. The van der Waals surface area contributed by atoms with Crippen molar-refractivity contribution in [3.8, 4) is 11.5 Å². The number of carbonyl (C=O) groups is 2. The molecule has 0 aromatic heterocycles. The van der Waals surface area contributed by atoms with E-state index >= 15 is 0 Å². The van der Waals surface area contributed by atoms with E-state index in [2.05, 4.69) is 10.6 Å². The zero-order chi connectivity index (χ0) is 19.1. The lowest BCUT2D eigenvalue weighted by atomic mass is 10.1. The van der Waals surface area contributed by atoms with Crippen LogP contribution in [0.1, 0.15) is 28.4 Å². The second-order valence-electron chi connectivity index (χ2n) is 5.97. The molecule has 0 saturated carbocycles. The minimum Gasteiger partial charge on any atom is -0.493 e. The van der Waals surface area contributed by atoms with Crippen LogP contribution in [0.25, 0.3) is 0 Å². The van der Waals surface area contributed by atoms with Crippen molar-refractivity contribution in [2.45, 2.75) is 26.4 Å². The first-order valence-corrected chi connectivity index (χ1v) is 8.30. The largest absolute Gasteiger partial charge is 0.493 e. The van der Waals surface area contributed by atoms with Crippen LogP contribution in [-0.4, -0.2) is 32.1 Å². The van der Waals surface area contributed by atoms with Crippen molar-refractivity contribution in [3.05, 3.63) is 59.2 Å². The molecule has 0 aliphatic rings. The molecule has 0 spiro atoms. The number of hydrogen-bond donors (Lipinski definition) is 2. The van der Waals surface area contributed by atoms with E-state index in [1.165, 1.54) is 0 Å². The Hall–Kier alpha value is -3.02. The van der Waals surface area contributed by atoms with Crippen molar-refractivity contribution < 1.29 is 19.1 Å². The Labute approximate surface area is 153 Å². The number of methoxy groups -OCH3 is 2. The molecule has 0 aliphatic heterocycles. The van der Waals surface area contributed by atoms with Crippen LogP contribution in [0.3, 0.4) is 0 Å². The van der Waals surface area contributed by atoms with E-state index in [0.29, 0.717) is 23.6 Å². The van der Waals surface area contributed by atoms with E-state index in [1.807, 2.05) is 25.1 Å². The fourth-order valence-electron chi connectivity index (χ4n) is 2.46. The molecule has 138 valence electrons. The topological polar surface area (TPSA) is 76.7 Å². The van der Waals surface area contributed by atoms with Crippen LogP contribution in [0.15, 0.2) is 42.5 Å². The maximum atomic E-state index is 12.2. The van der Waals surface area contributed by atoms with Crippen LogP contribution in [0, 0.1) is 6.92 Å². The summed E-state index contributed by atoms with van der Waals surface area (Å²) in [5.41, 5.74) is 2.39. The fraction of sp³-hybridized carbons (Fsp3) is 0.300. The predicted octanol–water partition coefficient (Wildman–Crippen LogP) is 2.45. The van der Waals surface area contributed by atoms with Crippen molar-refractivity contribution in [3.63, 3.8) is 0 Å². The second-order valence-corrected chi connectivity index (χ2v) is 5.97. The lowest BCUT2D eigenvalue weighted by molar-refractivity contribution is -0.122. The molecule has 2 N–H and O–H groups in total. The standard InChI is InChI=1S/C20H24N2O4/c1-13-6-5-7-16(10-13)20(24)22-14(2)19(23)21-12-15-8-9-17(25-3)18(11-15)26-4/h5-11,14H,12H2,1-4H3,(H,21,23)(H,22,24). The van der Waals surface area contributed by atoms with Gasteiger partial charge < -0.3 is 20.1 Å². The van der Waals surface area contributed by atoms with Gasteiger partial charge in [-0.25, -0.2) is 0 Å². The molecular weight excluding hydrogens is 332 g/mol. The molecule has 0 fully saturated rings. The van der Waals surface area contributed by atoms with E-state index in [4.69, 9.17) is 9.47 Å². The highest BCUT2D eigenvalue weighted by molar-refractivity contribution is 5.97. The monoisotopic (exact) mass is 356 g/mol. The van der Waals surface area contributed by atoms with Gasteiger partial charge in [0.15, 0.2) is 11.5 Å². The summed E-state index contributed by atoms with van der Waals surface area (Å²) in [5, 5.41) is 5.51. The zero-order valence-corrected chi connectivity index (χ0v) is 15.5. The number of rotatable bonds is 7. The molecule has 0 saturated heterocycles. The number of benzene rings is 2. The molecule has 2 amide bonds. The number of aryl methyl sites for hydroxylation is 1. The highest BCUT2D eigenvalue weighted by Crippen LogP contribution is 2.27. The minimum absolute atomic E-state index is 0.263. The lowest BCUT2D eigenvalue weighted by Gasteiger charge is -2.15. The number of amides is 2. The SMILES string of the molecule is COc1ccc(CNC(=O)C(C)NC(=O)c2cccc(C)c2)cc1OC. The van der Waals surface area contributed by atoms with Crippen molar-refractivity contribution in [2.75, 3.05) is 14.2 Å². The first kappa shape index (κ1) is 19.3. The van der Waals surface area contributed by atoms with Gasteiger partial charge in [0.25, 0.3) is 5.91 Å². The molecular formula is C20H24N2O4. The summed E-state index contributed by atoms with van der Waals surface area (Å²) in [6.45, 7) is 3.89. The third-order valence-electron chi connectivity index (χ3n) is 3.94. The number of nitrogens with one attached hydrogen (secondary N) is 2. The van der Waals surface area contributed by atoms with Crippen molar-refractivity contribution in [1.29, 1.82) is 0 Å². The van der Waals surface area contributed by atoms with E-state index in [-0.39, 0.29) is 11.8 Å². The average molecular weight is 356 g/mol. The van der Waals surface area contributed by atoms with Crippen LogP contribution < -0.4 is 20.1 Å². The molecule has 0 bridgehead atoms. The Balaban J connectivity index is 1.92. The van der Waals surface area contributed by atoms with E-state index in [9.17, 15) is 9.59 Å². The molecule has 2 rings (SSSR count). The van der Waals surface area contributed by atoms with Crippen LogP contribution >= 0.6 is 0 Å². The van der Waals surface area contributed by atoms with Crippen molar-refractivity contribution in [1.82, 2.24) is 10.6 Å². The maximum absolute atomic E-state index is 12.2. The van der Waals surface area contributed by atoms with Crippen LogP contribution in [-0.2, 0) is 11.3 Å². The van der Waals surface area contributed by atoms with Crippen LogP contribution in [0.2, 0.25) is 0 Å². The normalized spacial score (nSPS) is 11.4. The Bertz CT molecular complexity index is 789. The van der Waals surface area contributed by atoms with Gasteiger partial charge in [-0.15, -0.1) is 0 Å². The highest BCUT2D eigenvalue weighted by atomic mass is 16.5. The van der Waals surface area contributed by atoms with Crippen LogP contribution in [0.4, 0.5) is 0 Å². The van der Waals surface area contributed by atoms with Gasteiger partial charge in [0.2, 0.25) is 5.91 Å². The Morgan fingerprint density at radius 1 is 1.04 bits per heavy atom. The summed E-state index contributed by atoms with van der Waals surface area (Å²) < 4.78 is 10.4. The average Bonchev–Trinajstić information content (AvgIpc) is 2.65. The molecule has 2 aromatic rings. The predicted molar refractivity (Wildman–Crippen MR) is 99.5 cm³/mol. The molecule has 0 radical (unpaired) electrons. The van der Waals surface area contributed by atoms with Crippen molar-refractivity contribution >= 4 is 11.8 Å². The number of carbonyl (C=O) groups excluding carboxylic acids is 2. The Morgan fingerprint density at radius 3 is 2.42 bits per heavy atom. The quantitative estimate of drug-likeness (QED) is 0.799. The molecule has 1 unspecified atom stereocenters. The fourth-order valence-corrected chi connectivity index (χ4v) is 2.46. The maximum Gasteiger partial charge on any atom is 0.251 e. The molecule has 0 heterocycles. The Kier molecular flexibility index (Phi) is 6.60. The van der Waals surface area contributed by atoms with Gasteiger partial charge in [0.1, 0.15) is 6.04 Å². The molecule has 1 atom stereocenters. The van der Waals surface area contributed by atoms with Gasteiger partial charge >= 0.3 is 0 Å². The third kappa shape index (κ3) is 4.99. The Morgan fingerprint density at radius 2 is 1.77 bits per heavy atom. The summed E-state index contributed by atoms with van der Waals surface area (Å²) in [7, 11) is 3.13. The van der Waals surface area contributed by atoms with E-state index in [0.717, 1.165) is 11.1 Å². The molecule has 2 aromatic carbocycles. The summed E-state index contributed by atoms with van der Waals surface area (Å²) in [5.74, 6) is 0.685. The van der Waals surface area contributed by atoms with Crippen molar-refractivity contribution in [2.24, 2.45) is 0 Å². The first-order chi connectivity index (χ1) is 12.4. The van der Waals surface area contributed by atoms with Gasteiger partial charge in [0, 0.05) is 12.1 Å². The molecule has 6 heteroatoms. The van der Waals surface area contributed by atoms with Gasteiger partial charge in [-0.1, -0.05) is 23.8 Å². The zero-order valence-electron chi connectivity index (χ0n) is 15.5. The van der Waals surface area contributed by atoms with E-state index < -0.39 is 6.04 Å². The minimum atomic E-state index is -0.650. The van der Waals surface area contributed by atoms with Gasteiger partial charge in [-0.2, -0.15) is 0 Å². The van der Waals surface area contributed by atoms with Crippen LogP contribution in [0.5, 0.6) is 11.5 Å². The lowest BCUT2D eigenvalue weighted by Crippen LogP contribution is -2.44. The summed E-state index contributed by atoms with van der Waals surface area (Å²) in [6, 6.07) is 12.0. The summed E-state index contributed by atoms with van der Waals surface area (Å²) in [4.78, 5) is 24.5. The first-order valence-electron chi connectivity index (χ1n) is 8.30. The van der Waals surface area contributed by atoms with Gasteiger partial charge in [-0.05, 0) is 43.7 Å². The summed E-state index contributed by atoms with van der Waals surface area (Å²) in [6.07, 6.45) is 0. The second kappa shape index (κ2) is 8.89. The van der Waals surface area contributed by atoms with Gasteiger partial charge in [0.05, 0.1) is 14.2 Å².